The highest BCUT2D eigenvalue weighted by molar-refractivity contribution is 5.93. The Balaban J connectivity index is 1.63. The zero-order valence-corrected chi connectivity index (χ0v) is 15.0. The summed E-state index contributed by atoms with van der Waals surface area (Å²) in [7, 11) is 0. The fourth-order valence-corrected chi connectivity index (χ4v) is 3.45. The number of aliphatic carboxylic acids is 1. The van der Waals surface area contributed by atoms with Crippen molar-refractivity contribution in [3.05, 3.63) is 66.0 Å². The van der Waals surface area contributed by atoms with E-state index in [-0.39, 0.29) is 11.7 Å². The van der Waals surface area contributed by atoms with E-state index in [0.29, 0.717) is 31.7 Å². The number of carbonyl (C=O) groups excluding carboxylic acids is 1. The molecule has 2 atom stereocenters. The maximum Gasteiger partial charge on any atom is 0.307 e. The summed E-state index contributed by atoms with van der Waals surface area (Å²) in [4.78, 5) is 26.2. The second-order valence-electron chi connectivity index (χ2n) is 6.96. The number of amides is 1. The van der Waals surface area contributed by atoms with Gasteiger partial charge in [-0.1, -0.05) is 30.3 Å². The molecule has 0 radical (unpaired) electrons. The van der Waals surface area contributed by atoms with E-state index >= 15 is 0 Å². The number of anilines is 1. The molecule has 3 rings (SSSR count). The third-order valence-corrected chi connectivity index (χ3v) is 4.92. The lowest BCUT2D eigenvalue weighted by atomic mass is 9.88. The van der Waals surface area contributed by atoms with E-state index in [1.165, 1.54) is 29.8 Å². The molecule has 0 aliphatic carbocycles. The minimum absolute atomic E-state index is 0.225. The van der Waals surface area contributed by atoms with E-state index < -0.39 is 17.8 Å². The number of nitrogens with one attached hydrogen (secondary N) is 1. The Morgan fingerprint density at radius 3 is 2.37 bits per heavy atom. The molecular formula is C21H23FN2O3. The van der Waals surface area contributed by atoms with Crippen LogP contribution in [0.2, 0.25) is 0 Å². The van der Waals surface area contributed by atoms with E-state index in [0.717, 1.165) is 6.42 Å². The van der Waals surface area contributed by atoms with Crippen LogP contribution in [0.15, 0.2) is 54.6 Å². The molecule has 2 N–H and O–H groups in total. The highest BCUT2D eigenvalue weighted by atomic mass is 19.1. The predicted molar refractivity (Wildman–Crippen MR) is 101 cm³/mol. The fraction of sp³-hybridized carbons (Fsp3) is 0.333. The molecule has 0 spiro atoms. The topological polar surface area (TPSA) is 69.6 Å². The Bertz CT molecular complexity index is 780. The van der Waals surface area contributed by atoms with E-state index in [1.807, 2.05) is 35.2 Å². The first-order valence-corrected chi connectivity index (χ1v) is 9.07. The maximum atomic E-state index is 13.0. The maximum absolute atomic E-state index is 13.0. The number of benzene rings is 2. The van der Waals surface area contributed by atoms with Crippen LogP contribution in [0.3, 0.4) is 0 Å². The Labute approximate surface area is 157 Å². The Hall–Kier alpha value is -2.73. The SMILES string of the molecule is O=C(O)C1CC(C(=O)Nc2ccc(F)cc2)CN(CCc2ccccc2)C1. The molecule has 1 aliphatic heterocycles. The van der Waals surface area contributed by atoms with Gasteiger partial charge in [0.2, 0.25) is 5.91 Å². The van der Waals surface area contributed by atoms with Crippen molar-refractivity contribution in [3.63, 3.8) is 0 Å². The first kappa shape index (κ1) is 19.0. The molecule has 27 heavy (non-hydrogen) atoms. The van der Waals surface area contributed by atoms with Crippen LogP contribution in [0.25, 0.3) is 0 Å². The van der Waals surface area contributed by atoms with Gasteiger partial charge in [-0.05, 0) is 42.7 Å². The van der Waals surface area contributed by atoms with Gasteiger partial charge < -0.3 is 15.3 Å². The van der Waals surface area contributed by atoms with Gasteiger partial charge in [-0.25, -0.2) is 4.39 Å². The number of hydrogen-bond donors (Lipinski definition) is 2. The molecule has 2 aromatic carbocycles. The van der Waals surface area contributed by atoms with E-state index in [4.69, 9.17) is 0 Å². The summed E-state index contributed by atoms with van der Waals surface area (Å²) in [6.45, 7) is 1.67. The van der Waals surface area contributed by atoms with Gasteiger partial charge in [0.25, 0.3) is 0 Å². The number of piperidine rings is 1. The standard InChI is InChI=1S/C21H23FN2O3/c22-18-6-8-19(9-7-18)23-20(25)16-12-17(21(26)27)14-24(13-16)11-10-15-4-2-1-3-5-15/h1-9,16-17H,10-14H2,(H,23,25)(H,26,27). The van der Waals surface area contributed by atoms with E-state index in [9.17, 15) is 19.1 Å². The molecule has 5 nitrogen and oxygen atoms in total. The fourth-order valence-electron chi connectivity index (χ4n) is 3.45. The van der Waals surface area contributed by atoms with Crippen molar-refractivity contribution in [1.82, 2.24) is 4.90 Å². The first-order valence-electron chi connectivity index (χ1n) is 9.07. The van der Waals surface area contributed by atoms with Crippen LogP contribution in [-0.2, 0) is 16.0 Å². The summed E-state index contributed by atoms with van der Waals surface area (Å²) >= 11 is 0. The molecule has 0 aromatic heterocycles. The third kappa shape index (κ3) is 5.37. The summed E-state index contributed by atoms with van der Waals surface area (Å²) in [6.07, 6.45) is 1.11. The van der Waals surface area contributed by atoms with Gasteiger partial charge in [-0.2, -0.15) is 0 Å². The number of rotatable bonds is 6. The summed E-state index contributed by atoms with van der Waals surface area (Å²) in [5.74, 6) is -2.46. The molecule has 0 saturated carbocycles. The number of carbonyl (C=O) groups is 2. The van der Waals surface area contributed by atoms with Crippen molar-refractivity contribution in [2.24, 2.45) is 11.8 Å². The second kappa shape index (κ2) is 8.77. The van der Waals surface area contributed by atoms with Crippen LogP contribution in [0, 0.1) is 17.7 Å². The van der Waals surface area contributed by atoms with Crippen LogP contribution in [0.5, 0.6) is 0 Å². The molecule has 142 valence electrons. The van der Waals surface area contributed by atoms with Crippen LogP contribution in [-0.4, -0.2) is 41.5 Å². The number of carboxylic acid groups (broad SMARTS) is 1. The van der Waals surface area contributed by atoms with Crippen LogP contribution in [0.1, 0.15) is 12.0 Å². The minimum atomic E-state index is -0.876. The van der Waals surface area contributed by atoms with Crippen molar-refractivity contribution in [1.29, 1.82) is 0 Å². The number of halogens is 1. The van der Waals surface area contributed by atoms with Crippen LogP contribution < -0.4 is 5.32 Å². The minimum Gasteiger partial charge on any atom is -0.481 e. The molecule has 1 saturated heterocycles. The summed E-state index contributed by atoms with van der Waals surface area (Å²) < 4.78 is 13.0. The van der Waals surface area contributed by atoms with Gasteiger partial charge in [0.15, 0.2) is 0 Å². The number of nitrogens with zero attached hydrogens (tertiary/aromatic N) is 1. The zero-order valence-electron chi connectivity index (χ0n) is 15.0. The number of hydrogen-bond acceptors (Lipinski definition) is 3. The molecule has 1 amide bonds. The molecule has 2 unspecified atom stereocenters. The predicted octanol–water partition coefficient (Wildman–Crippen LogP) is 3.03. The molecular weight excluding hydrogens is 347 g/mol. The Morgan fingerprint density at radius 1 is 1.04 bits per heavy atom. The van der Waals surface area contributed by atoms with Crippen molar-refractivity contribution >= 4 is 17.6 Å². The van der Waals surface area contributed by atoms with Gasteiger partial charge in [-0.3, -0.25) is 9.59 Å². The van der Waals surface area contributed by atoms with Crippen LogP contribution >= 0.6 is 0 Å². The molecule has 6 heteroatoms. The first-order chi connectivity index (χ1) is 13.0. The summed E-state index contributed by atoms with van der Waals surface area (Å²) in [5, 5.41) is 12.2. The van der Waals surface area contributed by atoms with Gasteiger partial charge in [0.05, 0.1) is 11.8 Å². The molecule has 2 aromatic rings. The highest BCUT2D eigenvalue weighted by Crippen LogP contribution is 2.24. The Kier molecular flexibility index (Phi) is 6.19. The average molecular weight is 370 g/mol. The van der Waals surface area contributed by atoms with E-state index in [2.05, 4.69) is 5.32 Å². The van der Waals surface area contributed by atoms with Crippen molar-refractivity contribution in [3.8, 4) is 0 Å². The van der Waals surface area contributed by atoms with Gasteiger partial charge >= 0.3 is 5.97 Å². The zero-order chi connectivity index (χ0) is 19.2. The smallest absolute Gasteiger partial charge is 0.307 e. The largest absolute Gasteiger partial charge is 0.481 e. The lowest BCUT2D eigenvalue weighted by Crippen LogP contribution is -2.47. The summed E-state index contributed by atoms with van der Waals surface area (Å²) in [5.41, 5.74) is 1.69. The van der Waals surface area contributed by atoms with Gasteiger partial charge in [0.1, 0.15) is 5.82 Å². The molecule has 1 aliphatic rings. The van der Waals surface area contributed by atoms with Crippen molar-refractivity contribution in [2.75, 3.05) is 25.0 Å². The normalized spacial score (nSPS) is 20.2. The lowest BCUT2D eigenvalue weighted by Gasteiger charge is -2.35. The highest BCUT2D eigenvalue weighted by Gasteiger charge is 2.34. The molecule has 1 heterocycles. The molecule has 0 bridgehead atoms. The molecule has 1 fully saturated rings. The van der Waals surface area contributed by atoms with Crippen molar-refractivity contribution < 1.29 is 19.1 Å². The number of likely N-dealkylation sites (tertiary alicyclic amines) is 1. The van der Waals surface area contributed by atoms with E-state index in [1.54, 1.807) is 0 Å². The quantitative estimate of drug-likeness (QED) is 0.820. The average Bonchev–Trinajstić information content (AvgIpc) is 2.68. The van der Waals surface area contributed by atoms with Gasteiger partial charge in [-0.15, -0.1) is 0 Å². The third-order valence-electron chi connectivity index (χ3n) is 4.92. The lowest BCUT2D eigenvalue weighted by molar-refractivity contribution is -0.145. The van der Waals surface area contributed by atoms with Crippen molar-refractivity contribution in [2.45, 2.75) is 12.8 Å². The monoisotopic (exact) mass is 370 g/mol. The number of carboxylic acids is 1. The van der Waals surface area contributed by atoms with Crippen LogP contribution in [0.4, 0.5) is 10.1 Å². The van der Waals surface area contributed by atoms with Gasteiger partial charge in [0, 0.05) is 25.3 Å². The Morgan fingerprint density at radius 2 is 1.70 bits per heavy atom. The second-order valence-corrected chi connectivity index (χ2v) is 6.96. The summed E-state index contributed by atoms with van der Waals surface area (Å²) in [6, 6.07) is 15.5.